The number of anilines is 1. The van der Waals surface area contributed by atoms with Crippen LogP contribution in [0.2, 0.25) is 0 Å². The fraction of sp³-hybridized carbons (Fsp3) is 0.200. The number of carbonyl (C=O) groups is 1. The second kappa shape index (κ2) is 6.96. The maximum atomic E-state index is 14.3. The van der Waals surface area contributed by atoms with E-state index in [4.69, 9.17) is 19.3 Å². The zero-order chi connectivity index (χ0) is 22.7. The molecule has 3 aliphatic rings. The van der Waals surface area contributed by atoms with Gasteiger partial charge in [0, 0.05) is 12.0 Å². The molecule has 1 spiro atoms. The van der Waals surface area contributed by atoms with E-state index < -0.39 is 17.4 Å². The van der Waals surface area contributed by atoms with E-state index in [-0.39, 0.29) is 6.04 Å². The number of halogens is 1. The molecule has 7 nitrogen and oxygen atoms in total. The number of benzene rings is 3. The summed E-state index contributed by atoms with van der Waals surface area (Å²) < 4.78 is 31.6. The van der Waals surface area contributed by atoms with Crippen LogP contribution in [0.5, 0.6) is 17.2 Å². The molecule has 1 N–H and O–H groups in total. The Balaban J connectivity index is 1.56. The van der Waals surface area contributed by atoms with Crippen molar-refractivity contribution >= 4 is 17.3 Å². The second-order valence-corrected chi connectivity index (χ2v) is 8.11. The van der Waals surface area contributed by atoms with E-state index in [9.17, 15) is 9.18 Å². The van der Waals surface area contributed by atoms with Crippen molar-refractivity contribution in [2.75, 3.05) is 19.5 Å². The molecule has 0 saturated heterocycles. The first-order valence-electron chi connectivity index (χ1n) is 10.5. The molecule has 166 valence electrons. The van der Waals surface area contributed by atoms with Gasteiger partial charge in [0.05, 0.1) is 37.2 Å². The van der Waals surface area contributed by atoms with Crippen LogP contribution in [0.15, 0.2) is 65.8 Å². The van der Waals surface area contributed by atoms with Gasteiger partial charge in [-0.2, -0.15) is 5.10 Å². The van der Waals surface area contributed by atoms with Crippen molar-refractivity contribution in [1.29, 1.82) is 0 Å². The van der Waals surface area contributed by atoms with Gasteiger partial charge in [-0.05, 0) is 54.1 Å². The van der Waals surface area contributed by atoms with Crippen LogP contribution in [0, 0.1) is 5.82 Å². The van der Waals surface area contributed by atoms with Crippen LogP contribution in [-0.4, -0.2) is 30.8 Å². The molecular weight excluding hydrogens is 425 g/mol. The highest BCUT2D eigenvalue weighted by Gasteiger charge is 2.61. The molecule has 0 aromatic heterocycles. The lowest BCUT2D eigenvalue weighted by Gasteiger charge is -2.44. The van der Waals surface area contributed by atoms with E-state index in [0.717, 1.165) is 22.6 Å². The van der Waals surface area contributed by atoms with Crippen LogP contribution in [0.3, 0.4) is 0 Å². The quantitative estimate of drug-likeness (QED) is 0.655. The third kappa shape index (κ3) is 2.67. The van der Waals surface area contributed by atoms with E-state index in [1.807, 2.05) is 36.4 Å². The minimum atomic E-state index is -1.65. The molecule has 0 fully saturated rings. The molecule has 3 aromatic rings. The third-order valence-electron chi connectivity index (χ3n) is 6.40. The fourth-order valence-electron chi connectivity index (χ4n) is 4.82. The van der Waals surface area contributed by atoms with Crippen LogP contribution in [-0.2, 0) is 10.5 Å². The lowest BCUT2D eigenvalue weighted by atomic mass is 9.92. The first-order chi connectivity index (χ1) is 16.0. The van der Waals surface area contributed by atoms with Gasteiger partial charge in [-0.15, -0.1) is 0 Å². The molecule has 2 atom stereocenters. The van der Waals surface area contributed by atoms with Crippen LogP contribution in [0.1, 0.15) is 29.2 Å². The van der Waals surface area contributed by atoms with E-state index in [1.165, 1.54) is 18.2 Å². The number of nitrogens with zero attached hydrogens (tertiary/aromatic N) is 2. The van der Waals surface area contributed by atoms with Gasteiger partial charge in [-0.3, -0.25) is 4.79 Å². The highest BCUT2D eigenvalue weighted by Crippen LogP contribution is 2.56. The van der Waals surface area contributed by atoms with Crippen molar-refractivity contribution in [3.63, 3.8) is 0 Å². The Morgan fingerprint density at radius 3 is 2.70 bits per heavy atom. The van der Waals surface area contributed by atoms with Gasteiger partial charge in [-0.1, -0.05) is 12.1 Å². The van der Waals surface area contributed by atoms with Crippen LogP contribution < -0.4 is 19.5 Å². The molecule has 0 unspecified atom stereocenters. The topological polar surface area (TPSA) is 72.4 Å². The van der Waals surface area contributed by atoms with Crippen LogP contribution >= 0.6 is 0 Å². The van der Waals surface area contributed by atoms with E-state index >= 15 is 0 Å². The molecule has 6 rings (SSSR count). The SMILES string of the molecule is COc1ccc(C2=NN3[C@@H](C2)c2cccc(OC)c2O[C@]32C(=O)Nc3ccc(F)cc32)cc1. The smallest absolute Gasteiger partial charge is 0.306 e. The normalized spacial score (nSPS) is 22.2. The lowest BCUT2D eigenvalue weighted by molar-refractivity contribution is -0.161. The summed E-state index contributed by atoms with van der Waals surface area (Å²) in [7, 11) is 3.16. The van der Waals surface area contributed by atoms with Crippen LogP contribution in [0.25, 0.3) is 0 Å². The Bertz CT molecular complexity index is 1320. The molecule has 0 radical (unpaired) electrons. The Morgan fingerprint density at radius 2 is 1.94 bits per heavy atom. The Kier molecular flexibility index (Phi) is 4.14. The van der Waals surface area contributed by atoms with Gasteiger partial charge in [-0.25, -0.2) is 9.40 Å². The van der Waals surface area contributed by atoms with Gasteiger partial charge in [0.1, 0.15) is 11.6 Å². The van der Waals surface area contributed by atoms with Gasteiger partial charge in [0.25, 0.3) is 5.91 Å². The first kappa shape index (κ1) is 19.6. The van der Waals surface area contributed by atoms with Crippen molar-refractivity contribution < 1.29 is 23.4 Å². The number of hydrogen-bond donors (Lipinski definition) is 1. The van der Waals surface area contributed by atoms with Gasteiger partial charge in [0.15, 0.2) is 11.5 Å². The summed E-state index contributed by atoms with van der Waals surface area (Å²) in [6, 6.07) is 17.1. The highest BCUT2D eigenvalue weighted by molar-refractivity contribution is 6.07. The minimum absolute atomic E-state index is 0.305. The van der Waals surface area contributed by atoms with Crippen molar-refractivity contribution in [2.45, 2.75) is 18.2 Å². The summed E-state index contributed by atoms with van der Waals surface area (Å²) in [4.78, 5) is 13.5. The first-order valence-corrected chi connectivity index (χ1v) is 10.5. The molecular formula is C25H20FN3O4. The standard InChI is InChI=1S/C25H20FN3O4/c1-31-16-9-6-14(7-10-16)20-13-21-17-4-3-5-22(32-2)23(17)33-25(29(21)28-20)18-12-15(26)8-11-19(18)27-24(25)30/h3-12,21H,13H2,1-2H3,(H,27,30)/t21-,25+/m0/s1. The molecule has 0 saturated carbocycles. The number of amides is 1. The zero-order valence-corrected chi connectivity index (χ0v) is 18.0. The Morgan fingerprint density at radius 1 is 1.12 bits per heavy atom. The van der Waals surface area contributed by atoms with Crippen molar-refractivity contribution in [3.8, 4) is 17.2 Å². The molecule has 3 aliphatic heterocycles. The molecule has 0 aliphatic carbocycles. The zero-order valence-electron chi connectivity index (χ0n) is 18.0. The van der Waals surface area contributed by atoms with Crippen molar-refractivity contribution in [1.82, 2.24) is 5.01 Å². The Hall–Kier alpha value is -4.07. The summed E-state index contributed by atoms with van der Waals surface area (Å²) in [5, 5.41) is 9.36. The van der Waals surface area contributed by atoms with Gasteiger partial charge >= 0.3 is 5.72 Å². The number of carbonyl (C=O) groups excluding carboxylic acids is 1. The monoisotopic (exact) mass is 445 g/mol. The number of fused-ring (bicyclic) bond motifs is 6. The number of para-hydroxylation sites is 1. The third-order valence-corrected chi connectivity index (χ3v) is 6.40. The predicted octanol–water partition coefficient (Wildman–Crippen LogP) is 4.19. The van der Waals surface area contributed by atoms with E-state index in [0.29, 0.717) is 29.2 Å². The molecule has 3 aromatic carbocycles. The summed E-state index contributed by atoms with van der Waals surface area (Å²) in [5.41, 5.74) is 1.77. The summed E-state index contributed by atoms with van der Waals surface area (Å²) in [5.74, 6) is 0.810. The average Bonchev–Trinajstić information content (AvgIpc) is 3.40. The number of ether oxygens (including phenoxy) is 3. The number of hydrogen-bond acceptors (Lipinski definition) is 6. The average molecular weight is 445 g/mol. The molecule has 1 amide bonds. The number of hydrazone groups is 1. The Labute approximate surface area is 189 Å². The fourth-order valence-corrected chi connectivity index (χ4v) is 4.82. The van der Waals surface area contributed by atoms with Gasteiger partial charge in [0.2, 0.25) is 0 Å². The maximum absolute atomic E-state index is 14.3. The lowest BCUT2D eigenvalue weighted by Crippen LogP contribution is -2.55. The summed E-state index contributed by atoms with van der Waals surface area (Å²) in [6.45, 7) is 0. The molecule has 8 heteroatoms. The largest absolute Gasteiger partial charge is 0.497 e. The minimum Gasteiger partial charge on any atom is -0.497 e. The highest BCUT2D eigenvalue weighted by atomic mass is 19.1. The van der Waals surface area contributed by atoms with Crippen molar-refractivity contribution in [2.24, 2.45) is 5.10 Å². The van der Waals surface area contributed by atoms with Crippen LogP contribution in [0.4, 0.5) is 10.1 Å². The maximum Gasteiger partial charge on any atom is 0.306 e. The molecule has 0 bridgehead atoms. The number of methoxy groups -OCH3 is 2. The molecule has 33 heavy (non-hydrogen) atoms. The van der Waals surface area contributed by atoms with E-state index in [2.05, 4.69) is 5.32 Å². The summed E-state index contributed by atoms with van der Waals surface area (Å²) in [6.07, 6.45) is 0.537. The van der Waals surface area contributed by atoms with Gasteiger partial charge < -0.3 is 19.5 Å². The van der Waals surface area contributed by atoms with E-state index in [1.54, 1.807) is 25.3 Å². The van der Waals surface area contributed by atoms with Crippen molar-refractivity contribution in [3.05, 3.63) is 83.2 Å². The number of rotatable bonds is 3. The number of nitrogens with one attached hydrogen (secondary N) is 1. The summed E-state index contributed by atoms with van der Waals surface area (Å²) >= 11 is 0. The molecule has 3 heterocycles. The second-order valence-electron chi connectivity index (χ2n) is 8.11. The predicted molar refractivity (Wildman–Crippen MR) is 119 cm³/mol.